The van der Waals surface area contributed by atoms with E-state index in [0.717, 1.165) is 5.56 Å². The maximum Gasteiger partial charge on any atom is 0.228 e. The number of hydrogen-bond acceptors (Lipinski definition) is 4. The van der Waals surface area contributed by atoms with Gasteiger partial charge in [-0.15, -0.1) is 0 Å². The Morgan fingerprint density at radius 1 is 1.47 bits per heavy atom. The molecule has 1 amide bonds. The maximum absolute atomic E-state index is 12.1. The van der Waals surface area contributed by atoms with E-state index in [1.807, 2.05) is 30.3 Å². The summed E-state index contributed by atoms with van der Waals surface area (Å²) >= 11 is 0. The summed E-state index contributed by atoms with van der Waals surface area (Å²) in [5.74, 6) is -0.541. The van der Waals surface area contributed by atoms with Crippen molar-refractivity contribution in [2.24, 2.45) is 5.73 Å². The topological polar surface area (TPSA) is 84.6 Å². The average Bonchev–Trinajstić information content (AvgIpc) is 2.86. The zero-order valence-corrected chi connectivity index (χ0v) is 10.8. The lowest BCUT2D eigenvalue weighted by Crippen LogP contribution is -2.45. The predicted molar refractivity (Wildman–Crippen MR) is 71.6 cm³/mol. The van der Waals surface area contributed by atoms with Crippen LogP contribution in [0.5, 0.6) is 0 Å². The second-order valence-corrected chi connectivity index (χ2v) is 4.94. The van der Waals surface area contributed by atoms with E-state index in [4.69, 9.17) is 10.5 Å². The van der Waals surface area contributed by atoms with E-state index in [0.29, 0.717) is 13.0 Å². The van der Waals surface area contributed by atoms with Gasteiger partial charge in [0.05, 0.1) is 12.5 Å². The van der Waals surface area contributed by atoms with Crippen LogP contribution in [0, 0.1) is 0 Å². The molecule has 2 rings (SSSR count). The first-order valence-corrected chi connectivity index (χ1v) is 6.47. The molecule has 0 bridgehead atoms. The first-order valence-electron chi connectivity index (χ1n) is 6.47. The monoisotopic (exact) mass is 264 g/mol. The number of aliphatic hydroxyl groups is 1. The summed E-state index contributed by atoms with van der Waals surface area (Å²) in [5.41, 5.74) is 5.62. The zero-order valence-electron chi connectivity index (χ0n) is 10.8. The van der Waals surface area contributed by atoms with Crippen LogP contribution in [-0.4, -0.2) is 42.9 Å². The Morgan fingerprint density at radius 2 is 2.21 bits per heavy atom. The van der Waals surface area contributed by atoms with E-state index < -0.39 is 5.60 Å². The lowest BCUT2D eigenvalue weighted by Gasteiger charge is -2.23. The fourth-order valence-corrected chi connectivity index (χ4v) is 2.19. The second-order valence-electron chi connectivity index (χ2n) is 4.94. The summed E-state index contributed by atoms with van der Waals surface area (Å²) in [4.78, 5) is 12.1. The molecule has 1 aliphatic rings. The first-order chi connectivity index (χ1) is 9.14. The van der Waals surface area contributed by atoms with E-state index in [1.165, 1.54) is 0 Å². The summed E-state index contributed by atoms with van der Waals surface area (Å²) in [6.07, 6.45) is 0.548. The molecular weight excluding hydrogens is 244 g/mol. The van der Waals surface area contributed by atoms with Gasteiger partial charge in [0.25, 0.3) is 0 Å². The minimum absolute atomic E-state index is 0.158. The van der Waals surface area contributed by atoms with Crippen LogP contribution in [0.15, 0.2) is 30.3 Å². The summed E-state index contributed by atoms with van der Waals surface area (Å²) in [7, 11) is 0. The Morgan fingerprint density at radius 3 is 2.79 bits per heavy atom. The molecule has 4 N–H and O–H groups in total. The van der Waals surface area contributed by atoms with E-state index in [2.05, 4.69) is 5.32 Å². The van der Waals surface area contributed by atoms with E-state index >= 15 is 0 Å². The zero-order chi connectivity index (χ0) is 13.7. The number of hydrogen-bond donors (Lipinski definition) is 3. The third kappa shape index (κ3) is 3.53. The van der Waals surface area contributed by atoms with Crippen molar-refractivity contribution in [1.82, 2.24) is 5.32 Å². The first kappa shape index (κ1) is 14.0. The third-order valence-corrected chi connectivity index (χ3v) is 3.43. The fraction of sp³-hybridized carbons (Fsp3) is 0.500. The van der Waals surface area contributed by atoms with E-state index in [1.54, 1.807) is 0 Å². The molecule has 2 atom stereocenters. The highest BCUT2D eigenvalue weighted by Gasteiger charge is 2.33. The molecule has 0 radical (unpaired) electrons. The lowest BCUT2D eigenvalue weighted by molar-refractivity contribution is -0.123. The van der Waals surface area contributed by atoms with Crippen LogP contribution in [0.4, 0.5) is 0 Å². The Labute approximate surface area is 112 Å². The Bertz CT molecular complexity index is 416. The molecular formula is C14H20N2O3. The summed E-state index contributed by atoms with van der Waals surface area (Å²) in [6.45, 7) is 1.25. The van der Waals surface area contributed by atoms with Crippen molar-refractivity contribution in [1.29, 1.82) is 0 Å². The van der Waals surface area contributed by atoms with Gasteiger partial charge in [-0.1, -0.05) is 30.3 Å². The molecule has 19 heavy (non-hydrogen) atoms. The summed E-state index contributed by atoms with van der Waals surface area (Å²) in [6, 6.07) is 9.41. The van der Waals surface area contributed by atoms with Crippen molar-refractivity contribution >= 4 is 5.91 Å². The van der Waals surface area contributed by atoms with Gasteiger partial charge in [0.15, 0.2) is 0 Å². The second kappa shape index (κ2) is 6.14. The van der Waals surface area contributed by atoms with Gasteiger partial charge in [0, 0.05) is 26.1 Å². The van der Waals surface area contributed by atoms with E-state index in [-0.39, 0.29) is 31.5 Å². The van der Waals surface area contributed by atoms with Crippen LogP contribution in [0.3, 0.4) is 0 Å². The molecule has 1 fully saturated rings. The molecule has 0 saturated carbocycles. The van der Waals surface area contributed by atoms with Gasteiger partial charge in [0.2, 0.25) is 5.91 Å². The third-order valence-electron chi connectivity index (χ3n) is 3.43. The highest BCUT2D eigenvalue weighted by atomic mass is 16.5. The number of amides is 1. The number of nitrogens with one attached hydrogen (secondary N) is 1. The highest BCUT2D eigenvalue weighted by Crippen LogP contribution is 2.18. The van der Waals surface area contributed by atoms with Gasteiger partial charge in [-0.3, -0.25) is 4.79 Å². The molecule has 5 nitrogen and oxygen atoms in total. The molecule has 1 aromatic carbocycles. The highest BCUT2D eigenvalue weighted by molar-refractivity contribution is 5.83. The molecule has 1 aliphatic heterocycles. The molecule has 0 aliphatic carbocycles. The number of rotatable bonds is 5. The molecule has 1 saturated heterocycles. The van der Waals surface area contributed by atoms with Crippen LogP contribution in [-0.2, 0) is 9.53 Å². The lowest BCUT2D eigenvalue weighted by atomic mass is 9.97. The summed E-state index contributed by atoms with van der Waals surface area (Å²) < 4.78 is 5.14. The number of benzene rings is 1. The number of ether oxygens (including phenoxy) is 1. The maximum atomic E-state index is 12.1. The molecule has 5 heteroatoms. The van der Waals surface area contributed by atoms with Crippen molar-refractivity contribution in [3.05, 3.63) is 35.9 Å². The molecule has 0 aromatic heterocycles. The van der Waals surface area contributed by atoms with Gasteiger partial charge >= 0.3 is 0 Å². The average molecular weight is 264 g/mol. The number of nitrogens with two attached hydrogens (primary N) is 1. The molecule has 1 aromatic rings. The Hall–Kier alpha value is -1.43. The molecule has 0 spiro atoms. The molecule has 2 unspecified atom stereocenters. The summed E-state index contributed by atoms with van der Waals surface area (Å²) in [5, 5.41) is 12.9. The predicted octanol–water partition coefficient (Wildman–Crippen LogP) is -0.00350. The van der Waals surface area contributed by atoms with Gasteiger partial charge in [-0.25, -0.2) is 0 Å². The quantitative estimate of drug-likeness (QED) is 0.698. The van der Waals surface area contributed by atoms with Crippen LogP contribution >= 0.6 is 0 Å². The Balaban J connectivity index is 1.94. The SMILES string of the molecule is NCC(C(=O)NCC1(O)CCOC1)c1ccccc1. The normalized spacial score (nSPS) is 24.1. The Kier molecular flexibility index (Phi) is 4.52. The minimum Gasteiger partial charge on any atom is -0.386 e. The van der Waals surface area contributed by atoms with E-state index in [9.17, 15) is 9.90 Å². The van der Waals surface area contributed by atoms with Crippen LogP contribution < -0.4 is 11.1 Å². The van der Waals surface area contributed by atoms with Gasteiger partial charge in [-0.05, 0) is 5.56 Å². The number of carbonyl (C=O) groups excluding carboxylic acids is 1. The van der Waals surface area contributed by atoms with Crippen LogP contribution in [0.1, 0.15) is 17.9 Å². The van der Waals surface area contributed by atoms with Crippen molar-refractivity contribution in [3.63, 3.8) is 0 Å². The van der Waals surface area contributed by atoms with Crippen LogP contribution in [0.25, 0.3) is 0 Å². The van der Waals surface area contributed by atoms with Crippen LogP contribution in [0.2, 0.25) is 0 Å². The van der Waals surface area contributed by atoms with Crippen molar-refractivity contribution in [2.75, 3.05) is 26.3 Å². The van der Waals surface area contributed by atoms with Crippen molar-refractivity contribution < 1.29 is 14.6 Å². The largest absolute Gasteiger partial charge is 0.386 e. The van der Waals surface area contributed by atoms with Gasteiger partial charge in [-0.2, -0.15) is 0 Å². The molecule has 104 valence electrons. The molecule has 1 heterocycles. The van der Waals surface area contributed by atoms with Gasteiger partial charge < -0.3 is 20.9 Å². The standard InChI is InChI=1S/C14H20N2O3/c15-8-12(11-4-2-1-3-5-11)13(17)16-9-14(18)6-7-19-10-14/h1-5,12,18H,6-10,15H2,(H,16,17). The fourth-order valence-electron chi connectivity index (χ4n) is 2.19. The van der Waals surface area contributed by atoms with Crippen molar-refractivity contribution in [3.8, 4) is 0 Å². The minimum atomic E-state index is -0.939. The number of carbonyl (C=O) groups is 1. The van der Waals surface area contributed by atoms with Gasteiger partial charge in [0.1, 0.15) is 5.60 Å². The van der Waals surface area contributed by atoms with Crippen molar-refractivity contribution in [2.45, 2.75) is 17.9 Å². The smallest absolute Gasteiger partial charge is 0.228 e.